The Labute approximate surface area is 167 Å². The van der Waals surface area contributed by atoms with Gasteiger partial charge in [0.1, 0.15) is 18.1 Å². The first-order chi connectivity index (χ1) is 12.9. The van der Waals surface area contributed by atoms with E-state index >= 15 is 0 Å². The van der Waals surface area contributed by atoms with Gasteiger partial charge < -0.3 is 14.6 Å². The zero-order valence-corrected chi connectivity index (χ0v) is 16.6. The predicted octanol–water partition coefficient (Wildman–Crippen LogP) is 5.74. The highest BCUT2D eigenvalue weighted by Crippen LogP contribution is 2.30. The van der Waals surface area contributed by atoms with Crippen LogP contribution in [-0.4, -0.2) is 11.1 Å². The van der Waals surface area contributed by atoms with E-state index in [9.17, 15) is 4.79 Å². The number of nitrogens with one attached hydrogen (secondary N) is 1. The fourth-order valence-corrected chi connectivity index (χ4v) is 2.90. The highest BCUT2D eigenvalue weighted by molar-refractivity contribution is 6.44. The second kappa shape index (κ2) is 8.03. The zero-order valence-electron chi connectivity index (χ0n) is 15.1. The summed E-state index contributed by atoms with van der Waals surface area (Å²) >= 11 is 12.1. The van der Waals surface area contributed by atoms with E-state index in [2.05, 4.69) is 10.5 Å². The number of halogens is 2. The van der Waals surface area contributed by atoms with E-state index in [4.69, 9.17) is 32.5 Å². The topological polar surface area (TPSA) is 64.4 Å². The summed E-state index contributed by atoms with van der Waals surface area (Å²) < 4.78 is 11.1. The van der Waals surface area contributed by atoms with Crippen molar-refractivity contribution in [3.63, 3.8) is 0 Å². The molecule has 1 N–H and O–H groups in total. The maximum Gasteiger partial charge on any atom is 0.278 e. The summed E-state index contributed by atoms with van der Waals surface area (Å²) in [6, 6.07) is 10.8. The molecule has 0 aliphatic carbocycles. The molecular formula is C20H18Cl2N2O3. The monoisotopic (exact) mass is 404 g/mol. The van der Waals surface area contributed by atoms with Crippen molar-refractivity contribution in [1.82, 2.24) is 5.16 Å². The molecule has 0 aliphatic rings. The van der Waals surface area contributed by atoms with Gasteiger partial charge in [-0.2, -0.15) is 0 Å². The van der Waals surface area contributed by atoms with Gasteiger partial charge in [-0.05, 0) is 50.1 Å². The van der Waals surface area contributed by atoms with Crippen molar-refractivity contribution >= 4 is 34.8 Å². The van der Waals surface area contributed by atoms with E-state index in [1.165, 1.54) is 0 Å². The summed E-state index contributed by atoms with van der Waals surface area (Å²) in [4.78, 5) is 12.7. The molecule has 3 rings (SSSR count). The largest absolute Gasteiger partial charge is 0.488 e. The van der Waals surface area contributed by atoms with Crippen LogP contribution in [0.25, 0.3) is 0 Å². The summed E-state index contributed by atoms with van der Waals surface area (Å²) in [6.07, 6.45) is 0. The average Bonchev–Trinajstić information content (AvgIpc) is 3.01. The van der Waals surface area contributed by atoms with Gasteiger partial charge in [-0.25, -0.2) is 0 Å². The molecule has 1 amide bonds. The number of benzene rings is 2. The third-order valence-corrected chi connectivity index (χ3v) is 5.15. The predicted molar refractivity (Wildman–Crippen MR) is 106 cm³/mol. The molecule has 0 saturated heterocycles. The molecule has 0 spiro atoms. The molecule has 5 nitrogen and oxygen atoms in total. The number of nitrogens with zero attached hydrogens (tertiary/aromatic N) is 1. The summed E-state index contributed by atoms with van der Waals surface area (Å²) in [5.41, 5.74) is 3.29. The van der Waals surface area contributed by atoms with Crippen LogP contribution >= 0.6 is 23.2 Å². The Balaban J connectivity index is 1.80. The second-order valence-corrected chi connectivity index (χ2v) is 6.89. The van der Waals surface area contributed by atoms with Crippen LogP contribution in [-0.2, 0) is 6.61 Å². The van der Waals surface area contributed by atoms with Crippen LogP contribution in [0.4, 0.5) is 5.69 Å². The van der Waals surface area contributed by atoms with E-state index in [0.29, 0.717) is 22.0 Å². The molecule has 0 fully saturated rings. The van der Waals surface area contributed by atoms with Gasteiger partial charge in [0.25, 0.3) is 5.91 Å². The van der Waals surface area contributed by atoms with Gasteiger partial charge in [0.15, 0.2) is 5.69 Å². The minimum Gasteiger partial charge on any atom is -0.488 e. The summed E-state index contributed by atoms with van der Waals surface area (Å²) in [6.45, 7) is 5.89. The third-order valence-electron chi connectivity index (χ3n) is 4.33. The van der Waals surface area contributed by atoms with E-state index < -0.39 is 5.91 Å². The number of anilines is 1. The Hall–Kier alpha value is -2.50. The van der Waals surface area contributed by atoms with Gasteiger partial charge in [-0.15, -0.1) is 0 Å². The number of ether oxygens (including phenoxy) is 1. The zero-order chi connectivity index (χ0) is 19.6. The summed E-state index contributed by atoms with van der Waals surface area (Å²) in [7, 11) is 0. The number of carbonyl (C=O) groups is 1. The fraction of sp³-hybridized carbons (Fsp3) is 0.200. The van der Waals surface area contributed by atoms with Crippen molar-refractivity contribution in [1.29, 1.82) is 0 Å². The molecule has 1 heterocycles. The van der Waals surface area contributed by atoms with Crippen molar-refractivity contribution in [2.45, 2.75) is 27.4 Å². The lowest BCUT2D eigenvalue weighted by Gasteiger charge is -2.11. The van der Waals surface area contributed by atoms with Crippen molar-refractivity contribution in [2.24, 2.45) is 0 Å². The van der Waals surface area contributed by atoms with Crippen LogP contribution in [0.15, 0.2) is 40.9 Å². The Morgan fingerprint density at radius 2 is 1.89 bits per heavy atom. The van der Waals surface area contributed by atoms with Crippen molar-refractivity contribution in [3.05, 3.63) is 74.6 Å². The van der Waals surface area contributed by atoms with Gasteiger partial charge in [0.05, 0.1) is 21.3 Å². The molecule has 0 radical (unpaired) electrons. The molecule has 3 aromatic rings. The lowest BCUT2D eigenvalue weighted by atomic mass is 10.1. The van der Waals surface area contributed by atoms with Crippen LogP contribution < -0.4 is 10.1 Å². The molecule has 0 saturated carbocycles. The van der Waals surface area contributed by atoms with Gasteiger partial charge in [-0.1, -0.05) is 46.6 Å². The normalized spacial score (nSPS) is 10.7. The van der Waals surface area contributed by atoms with E-state index in [0.717, 1.165) is 16.9 Å². The standard InChI is InChI=1S/C20H18Cl2N2O3/c1-11-6-4-9-17(12(11)2)26-10-14-13(3)27-24-19(14)20(25)23-16-8-5-7-15(21)18(16)22/h4-9H,10H2,1-3H3,(H,23,25). The van der Waals surface area contributed by atoms with Crippen molar-refractivity contribution in [3.8, 4) is 5.75 Å². The molecule has 0 unspecified atom stereocenters. The lowest BCUT2D eigenvalue weighted by molar-refractivity contribution is 0.101. The SMILES string of the molecule is Cc1cccc(OCc2c(C(=O)Nc3cccc(Cl)c3Cl)noc2C)c1C. The Bertz CT molecular complexity index is 999. The Kier molecular flexibility index (Phi) is 5.73. The number of rotatable bonds is 5. The summed E-state index contributed by atoms with van der Waals surface area (Å²) in [5, 5.41) is 7.20. The molecule has 0 bridgehead atoms. The highest BCUT2D eigenvalue weighted by atomic mass is 35.5. The molecule has 1 aromatic heterocycles. The first-order valence-corrected chi connectivity index (χ1v) is 9.03. The number of hydrogen-bond donors (Lipinski definition) is 1. The number of aryl methyl sites for hydroxylation is 2. The molecule has 27 heavy (non-hydrogen) atoms. The number of hydrogen-bond acceptors (Lipinski definition) is 4. The maximum absolute atomic E-state index is 12.7. The lowest BCUT2D eigenvalue weighted by Crippen LogP contribution is -2.16. The second-order valence-electron chi connectivity index (χ2n) is 6.11. The van der Waals surface area contributed by atoms with Gasteiger partial charge in [0.2, 0.25) is 0 Å². The van der Waals surface area contributed by atoms with Gasteiger partial charge in [0, 0.05) is 0 Å². The van der Waals surface area contributed by atoms with Gasteiger partial charge >= 0.3 is 0 Å². The maximum atomic E-state index is 12.7. The van der Waals surface area contributed by atoms with Crippen LogP contribution in [0.3, 0.4) is 0 Å². The van der Waals surface area contributed by atoms with Crippen LogP contribution in [0.1, 0.15) is 32.9 Å². The minimum atomic E-state index is -0.449. The average molecular weight is 405 g/mol. The Morgan fingerprint density at radius 1 is 1.15 bits per heavy atom. The van der Waals surface area contributed by atoms with E-state index in [1.54, 1.807) is 25.1 Å². The van der Waals surface area contributed by atoms with Crippen LogP contribution in [0.2, 0.25) is 10.0 Å². The minimum absolute atomic E-state index is 0.147. The van der Waals surface area contributed by atoms with Crippen molar-refractivity contribution in [2.75, 3.05) is 5.32 Å². The van der Waals surface area contributed by atoms with Crippen LogP contribution in [0, 0.1) is 20.8 Å². The quantitative estimate of drug-likeness (QED) is 0.588. The Morgan fingerprint density at radius 3 is 2.67 bits per heavy atom. The smallest absolute Gasteiger partial charge is 0.278 e. The summed E-state index contributed by atoms with van der Waals surface area (Å²) in [5.74, 6) is 0.818. The van der Waals surface area contributed by atoms with Gasteiger partial charge in [-0.3, -0.25) is 4.79 Å². The molecule has 7 heteroatoms. The van der Waals surface area contributed by atoms with E-state index in [1.807, 2.05) is 32.0 Å². The number of amides is 1. The van der Waals surface area contributed by atoms with Crippen LogP contribution in [0.5, 0.6) is 5.75 Å². The third kappa shape index (κ3) is 4.10. The van der Waals surface area contributed by atoms with E-state index in [-0.39, 0.29) is 17.3 Å². The van der Waals surface area contributed by atoms with Crippen molar-refractivity contribution < 1.29 is 14.1 Å². The number of carbonyl (C=O) groups excluding carboxylic acids is 1. The fourth-order valence-electron chi connectivity index (χ4n) is 2.55. The molecular weight excluding hydrogens is 387 g/mol. The first kappa shape index (κ1) is 19.3. The highest BCUT2D eigenvalue weighted by Gasteiger charge is 2.21. The molecule has 0 atom stereocenters. The molecule has 140 valence electrons. The molecule has 0 aliphatic heterocycles. The molecule has 2 aromatic carbocycles. The first-order valence-electron chi connectivity index (χ1n) is 8.28. The number of aromatic nitrogens is 1.